The van der Waals surface area contributed by atoms with Gasteiger partial charge < -0.3 is 14.8 Å². The van der Waals surface area contributed by atoms with Crippen LogP contribution in [-0.4, -0.2) is 36.3 Å². The molecule has 0 atom stereocenters. The molecule has 1 heterocycles. The van der Waals surface area contributed by atoms with Crippen LogP contribution in [0.15, 0.2) is 12.4 Å². The summed E-state index contributed by atoms with van der Waals surface area (Å²) >= 11 is 0. The van der Waals surface area contributed by atoms with E-state index in [0.29, 0.717) is 25.1 Å². The molecule has 17 heavy (non-hydrogen) atoms. The van der Waals surface area contributed by atoms with E-state index in [1.54, 1.807) is 7.11 Å². The number of hydrogen-bond donors (Lipinski definition) is 1. The second-order valence-corrected chi connectivity index (χ2v) is 4.21. The third-order valence-corrected chi connectivity index (χ3v) is 2.89. The maximum Gasteiger partial charge on any atom is 0.218 e. The van der Waals surface area contributed by atoms with Crippen LogP contribution in [0.5, 0.6) is 5.88 Å². The van der Waals surface area contributed by atoms with Gasteiger partial charge in [-0.05, 0) is 12.8 Å². The van der Waals surface area contributed by atoms with Crippen LogP contribution < -0.4 is 10.1 Å². The monoisotopic (exact) mass is 237 g/mol. The lowest BCUT2D eigenvalue weighted by atomic mass is 10.2. The van der Waals surface area contributed by atoms with Gasteiger partial charge in [0, 0.05) is 19.2 Å². The maximum atomic E-state index is 5.44. The van der Waals surface area contributed by atoms with Crippen molar-refractivity contribution in [1.82, 2.24) is 9.97 Å². The van der Waals surface area contributed by atoms with Gasteiger partial charge >= 0.3 is 0 Å². The van der Waals surface area contributed by atoms with E-state index in [9.17, 15) is 0 Å². The number of nitrogens with one attached hydrogen (secondary N) is 1. The first-order valence-corrected chi connectivity index (χ1v) is 6.09. The molecule has 0 aromatic carbocycles. The summed E-state index contributed by atoms with van der Waals surface area (Å²) in [4.78, 5) is 8.25. The summed E-state index contributed by atoms with van der Waals surface area (Å²) in [5.74, 6) is 1.44. The van der Waals surface area contributed by atoms with Crippen molar-refractivity contribution in [1.29, 1.82) is 0 Å². The van der Waals surface area contributed by atoms with Crippen molar-refractivity contribution in [2.75, 3.05) is 25.6 Å². The Kier molecular flexibility index (Phi) is 4.55. The van der Waals surface area contributed by atoms with E-state index in [2.05, 4.69) is 15.3 Å². The van der Waals surface area contributed by atoms with Gasteiger partial charge in [-0.15, -0.1) is 0 Å². The second-order valence-electron chi connectivity index (χ2n) is 4.21. The largest absolute Gasteiger partial charge is 0.475 e. The molecular weight excluding hydrogens is 218 g/mol. The quantitative estimate of drug-likeness (QED) is 0.765. The highest BCUT2D eigenvalue weighted by Crippen LogP contribution is 2.22. The van der Waals surface area contributed by atoms with Gasteiger partial charge in [-0.3, -0.25) is 0 Å². The zero-order valence-electron chi connectivity index (χ0n) is 10.2. The summed E-state index contributed by atoms with van der Waals surface area (Å²) in [5, 5.41) is 3.41. The fourth-order valence-corrected chi connectivity index (χ4v) is 2.01. The molecule has 0 radical (unpaired) electrons. The highest BCUT2D eigenvalue weighted by molar-refractivity contribution is 5.38. The van der Waals surface area contributed by atoms with Crippen molar-refractivity contribution in [3.63, 3.8) is 0 Å². The van der Waals surface area contributed by atoms with Crippen LogP contribution in [0.2, 0.25) is 0 Å². The van der Waals surface area contributed by atoms with E-state index in [1.165, 1.54) is 32.0 Å². The maximum absolute atomic E-state index is 5.44. The molecule has 1 aliphatic carbocycles. The molecule has 1 saturated carbocycles. The molecule has 0 amide bonds. The average molecular weight is 237 g/mol. The van der Waals surface area contributed by atoms with Gasteiger partial charge in [-0.25, -0.2) is 9.97 Å². The van der Waals surface area contributed by atoms with Gasteiger partial charge in [0.1, 0.15) is 18.8 Å². The molecule has 94 valence electrons. The number of nitrogens with zero attached hydrogens (tertiary/aromatic N) is 2. The molecule has 1 N–H and O–H groups in total. The fourth-order valence-electron chi connectivity index (χ4n) is 2.01. The van der Waals surface area contributed by atoms with Crippen molar-refractivity contribution in [3.05, 3.63) is 12.4 Å². The molecule has 0 bridgehead atoms. The molecule has 1 fully saturated rings. The number of ether oxygens (including phenoxy) is 2. The Balaban J connectivity index is 1.86. The average Bonchev–Trinajstić information content (AvgIpc) is 2.83. The number of aromatic nitrogens is 2. The Morgan fingerprint density at radius 2 is 2.12 bits per heavy atom. The highest BCUT2D eigenvalue weighted by Gasteiger charge is 2.15. The molecule has 5 nitrogen and oxygen atoms in total. The first-order valence-electron chi connectivity index (χ1n) is 6.09. The summed E-state index contributed by atoms with van der Waals surface area (Å²) in [5.41, 5.74) is 0. The molecular formula is C12H19N3O2. The summed E-state index contributed by atoms with van der Waals surface area (Å²) in [7, 11) is 1.65. The Morgan fingerprint density at radius 3 is 2.88 bits per heavy atom. The minimum Gasteiger partial charge on any atom is -0.475 e. The second kappa shape index (κ2) is 6.39. The van der Waals surface area contributed by atoms with Gasteiger partial charge in [-0.1, -0.05) is 12.8 Å². The van der Waals surface area contributed by atoms with Crippen LogP contribution in [0.4, 0.5) is 5.82 Å². The molecule has 1 aromatic heterocycles. The van der Waals surface area contributed by atoms with E-state index >= 15 is 0 Å². The van der Waals surface area contributed by atoms with Crippen molar-refractivity contribution < 1.29 is 9.47 Å². The third-order valence-electron chi connectivity index (χ3n) is 2.89. The lowest BCUT2D eigenvalue weighted by Gasteiger charge is -2.12. The lowest BCUT2D eigenvalue weighted by Crippen LogP contribution is -2.15. The first-order chi connectivity index (χ1) is 8.38. The van der Waals surface area contributed by atoms with Crippen molar-refractivity contribution in [2.24, 2.45) is 0 Å². The Morgan fingerprint density at radius 1 is 1.29 bits per heavy atom. The Hall–Kier alpha value is -1.36. The number of methoxy groups -OCH3 is 1. The van der Waals surface area contributed by atoms with Crippen LogP contribution in [0.25, 0.3) is 0 Å². The van der Waals surface area contributed by atoms with Crippen LogP contribution in [-0.2, 0) is 4.74 Å². The van der Waals surface area contributed by atoms with Crippen molar-refractivity contribution in [3.8, 4) is 5.88 Å². The summed E-state index contributed by atoms with van der Waals surface area (Å²) < 4.78 is 10.4. The number of hydrogen-bond acceptors (Lipinski definition) is 5. The standard InChI is InChI=1S/C12H19N3O2/c1-16-6-7-17-12-8-11(13-9-14-12)15-10-4-2-3-5-10/h8-10H,2-7H2,1H3,(H,13,14,15). The third kappa shape index (κ3) is 3.85. The van der Waals surface area contributed by atoms with E-state index in [0.717, 1.165) is 5.82 Å². The normalized spacial score (nSPS) is 16.1. The molecule has 0 aliphatic heterocycles. The zero-order chi connectivity index (χ0) is 11.9. The van der Waals surface area contributed by atoms with Crippen LogP contribution in [0, 0.1) is 0 Å². The molecule has 1 aromatic rings. The predicted octanol–water partition coefficient (Wildman–Crippen LogP) is 1.86. The van der Waals surface area contributed by atoms with Gasteiger partial charge in [0.05, 0.1) is 6.61 Å². The number of anilines is 1. The van der Waals surface area contributed by atoms with Crippen LogP contribution in [0.1, 0.15) is 25.7 Å². The molecule has 5 heteroatoms. The van der Waals surface area contributed by atoms with Gasteiger partial charge in [0.25, 0.3) is 0 Å². The fraction of sp³-hybridized carbons (Fsp3) is 0.667. The summed E-state index contributed by atoms with van der Waals surface area (Å²) in [6, 6.07) is 2.39. The van der Waals surface area contributed by atoms with E-state index in [-0.39, 0.29) is 0 Å². The van der Waals surface area contributed by atoms with Crippen molar-refractivity contribution in [2.45, 2.75) is 31.7 Å². The topological polar surface area (TPSA) is 56.3 Å². The summed E-state index contributed by atoms with van der Waals surface area (Å²) in [6.07, 6.45) is 6.59. The minimum absolute atomic E-state index is 0.510. The van der Waals surface area contributed by atoms with Gasteiger partial charge in [0.2, 0.25) is 5.88 Å². The molecule has 0 saturated heterocycles. The molecule has 0 spiro atoms. The highest BCUT2D eigenvalue weighted by atomic mass is 16.5. The van der Waals surface area contributed by atoms with Gasteiger partial charge in [-0.2, -0.15) is 0 Å². The smallest absolute Gasteiger partial charge is 0.218 e. The van der Waals surface area contributed by atoms with Crippen LogP contribution >= 0.6 is 0 Å². The Bertz CT molecular complexity index is 340. The molecule has 2 rings (SSSR count). The van der Waals surface area contributed by atoms with E-state index in [4.69, 9.17) is 9.47 Å². The van der Waals surface area contributed by atoms with Crippen molar-refractivity contribution >= 4 is 5.82 Å². The van der Waals surface area contributed by atoms with E-state index in [1.807, 2.05) is 6.07 Å². The predicted molar refractivity (Wildman–Crippen MR) is 65.3 cm³/mol. The lowest BCUT2D eigenvalue weighted by molar-refractivity contribution is 0.143. The van der Waals surface area contributed by atoms with Gasteiger partial charge in [0.15, 0.2) is 0 Å². The zero-order valence-corrected chi connectivity index (χ0v) is 10.2. The minimum atomic E-state index is 0.510. The van der Waals surface area contributed by atoms with E-state index < -0.39 is 0 Å². The molecule has 1 aliphatic rings. The Labute approximate surface area is 102 Å². The molecule has 0 unspecified atom stereocenters. The number of rotatable bonds is 6. The SMILES string of the molecule is COCCOc1cc(NC2CCCC2)ncn1. The van der Waals surface area contributed by atoms with Crippen LogP contribution in [0.3, 0.4) is 0 Å². The first kappa shape index (κ1) is 12.1. The summed E-state index contributed by atoms with van der Waals surface area (Å²) in [6.45, 7) is 1.08.